The summed E-state index contributed by atoms with van der Waals surface area (Å²) in [4.78, 5) is 6.92. The summed E-state index contributed by atoms with van der Waals surface area (Å²) in [5, 5.41) is 7.44. The van der Waals surface area contributed by atoms with E-state index < -0.39 is 0 Å². The van der Waals surface area contributed by atoms with Crippen LogP contribution in [0.2, 0.25) is 0 Å². The van der Waals surface area contributed by atoms with Crippen LogP contribution in [0.4, 0.5) is 0 Å². The van der Waals surface area contributed by atoms with Crippen LogP contribution >= 0.6 is 11.3 Å². The highest BCUT2D eigenvalue weighted by Gasteiger charge is 2.13. The molecule has 0 aromatic carbocycles. The summed E-state index contributed by atoms with van der Waals surface area (Å²) in [5.74, 6) is 0.733. The van der Waals surface area contributed by atoms with Crippen molar-refractivity contribution >= 4 is 11.3 Å². The number of piperazine rings is 1. The van der Waals surface area contributed by atoms with Gasteiger partial charge in [-0.3, -0.25) is 4.90 Å². The molecular formula is C12H15N3OS. The first-order valence-electron chi connectivity index (χ1n) is 5.82. The first-order chi connectivity index (χ1) is 8.42. The maximum absolute atomic E-state index is 5.50. The third-order valence-electron chi connectivity index (χ3n) is 2.92. The Labute approximate surface area is 104 Å². The zero-order chi connectivity index (χ0) is 11.5. The number of rotatable bonds is 3. The van der Waals surface area contributed by atoms with E-state index in [4.69, 9.17) is 4.42 Å². The molecule has 2 aromatic heterocycles. The van der Waals surface area contributed by atoms with Crippen LogP contribution in [-0.4, -0.2) is 36.1 Å². The SMILES string of the molecule is c1cc(-c2nc(CN3CCNCC3)co2)cs1. The highest BCUT2D eigenvalue weighted by Crippen LogP contribution is 2.21. The van der Waals surface area contributed by atoms with E-state index >= 15 is 0 Å². The molecule has 3 heterocycles. The van der Waals surface area contributed by atoms with Gasteiger partial charge in [0, 0.05) is 43.7 Å². The Bertz CT molecular complexity index is 460. The number of nitrogens with zero attached hydrogens (tertiary/aromatic N) is 2. The van der Waals surface area contributed by atoms with Gasteiger partial charge in [-0.05, 0) is 11.4 Å². The number of nitrogens with one attached hydrogen (secondary N) is 1. The monoisotopic (exact) mass is 249 g/mol. The summed E-state index contributed by atoms with van der Waals surface area (Å²) in [6.45, 7) is 5.18. The van der Waals surface area contributed by atoms with Gasteiger partial charge in [0.2, 0.25) is 5.89 Å². The van der Waals surface area contributed by atoms with Gasteiger partial charge >= 0.3 is 0 Å². The Morgan fingerprint density at radius 2 is 2.29 bits per heavy atom. The van der Waals surface area contributed by atoms with E-state index in [-0.39, 0.29) is 0 Å². The second-order valence-corrected chi connectivity index (χ2v) is 4.96. The Kier molecular flexibility index (Phi) is 3.22. The fourth-order valence-corrected chi connectivity index (χ4v) is 2.63. The van der Waals surface area contributed by atoms with E-state index in [0.717, 1.165) is 49.9 Å². The van der Waals surface area contributed by atoms with Crippen LogP contribution < -0.4 is 5.32 Å². The van der Waals surface area contributed by atoms with Crippen molar-refractivity contribution in [2.75, 3.05) is 26.2 Å². The smallest absolute Gasteiger partial charge is 0.227 e. The van der Waals surface area contributed by atoms with Gasteiger partial charge in [-0.2, -0.15) is 11.3 Å². The molecule has 0 amide bonds. The topological polar surface area (TPSA) is 41.3 Å². The van der Waals surface area contributed by atoms with Crippen LogP contribution in [0, 0.1) is 0 Å². The largest absolute Gasteiger partial charge is 0.444 e. The minimum atomic E-state index is 0.733. The van der Waals surface area contributed by atoms with E-state index in [2.05, 4.69) is 20.6 Å². The highest BCUT2D eigenvalue weighted by molar-refractivity contribution is 7.08. The molecule has 1 fully saturated rings. The van der Waals surface area contributed by atoms with E-state index in [1.54, 1.807) is 17.6 Å². The molecule has 3 rings (SSSR count). The highest BCUT2D eigenvalue weighted by atomic mass is 32.1. The maximum Gasteiger partial charge on any atom is 0.227 e. The van der Waals surface area contributed by atoms with E-state index in [1.165, 1.54) is 0 Å². The molecule has 0 saturated carbocycles. The quantitative estimate of drug-likeness (QED) is 0.900. The van der Waals surface area contributed by atoms with Crippen molar-refractivity contribution < 1.29 is 4.42 Å². The lowest BCUT2D eigenvalue weighted by molar-refractivity contribution is 0.230. The van der Waals surface area contributed by atoms with Crippen molar-refractivity contribution in [1.29, 1.82) is 0 Å². The lowest BCUT2D eigenvalue weighted by Gasteiger charge is -2.25. The number of hydrogen-bond donors (Lipinski definition) is 1. The normalized spacial score (nSPS) is 17.4. The van der Waals surface area contributed by atoms with Gasteiger partial charge < -0.3 is 9.73 Å². The molecule has 1 N–H and O–H groups in total. The summed E-state index contributed by atoms with van der Waals surface area (Å²) in [5.41, 5.74) is 2.09. The predicted octanol–water partition coefficient (Wildman–Crippen LogP) is 1.81. The van der Waals surface area contributed by atoms with Crippen molar-refractivity contribution in [3.05, 3.63) is 28.8 Å². The molecule has 4 nitrogen and oxygen atoms in total. The molecule has 0 atom stereocenters. The molecule has 1 aliphatic rings. The molecule has 5 heteroatoms. The van der Waals surface area contributed by atoms with Crippen molar-refractivity contribution in [1.82, 2.24) is 15.2 Å². The molecule has 0 bridgehead atoms. The van der Waals surface area contributed by atoms with Crippen LogP contribution in [0.1, 0.15) is 5.69 Å². The van der Waals surface area contributed by atoms with Crippen molar-refractivity contribution in [3.63, 3.8) is 0 Å². The fraction of sp³-hybridized carbons (Fsp3) is 0.417. The first kappa shape index (κ1) is 11.0. The molecule has 1 saturated heterocycles. The van der Waals surface area contributed by atoms with Crippen molar-refractivity contribution in [3.8, 4) is 11.5 Å². The van der Waals surface area contributed by atoms with Gasteiger partial charge in [-0.15, -0.1) is 0 Å². The molecule has 0 unspecified atom stereocenters. The van der Waals surface area contributed by atoms with Crippen LogP contribution in [0.15, 0.2) is 27.5 Å². The first-order valence-corrected chi connectivity index (χ1v) is 6.76. The zero-order valence-corrected chi connectivity index (χ0v) is 10.4. The molecule has 2 aromatic rings. The molecular weight excluding hydrogens is 234 g/mol. The summed E-state index contributed by atoms with van der Waals surface area (Å²) in [6.07, 6.45) is 1.77. The van der Waals surface area contributed by atoms with Crippen LogP contribution in [0.5, 0.6) is 0 Å². The van der Waals surface area contributed by atoms with Crippen LogP contribution in [-0.2, 0) is 6.54 Å². The van der Waals surface area contributed by atoms with Gasteiger partial charge in [0.25, 0.3) is 0 Å². The molecule has 17 heavy (non-hydrogen) atoms. The number of aromatic nitrogens is 1. The Hall–Kier alpha value is -1.17. The minimum absolute atomic E-state index is 0.733. The second-order valence-electron chi connectivity index (χ2n) is 4.18. The predicted molar refractivity (Wildman–Crippen MR) is 68.0 cm³/mol. The van der Waals surface area contributed by atoms with Crippen LogP contribution in [0.25, 0.3) is 11.5 Å². The molecule has 0 aliphatic carbocycles. The lowest BCUT2D eigenvalue weighted by atomic mass is 10.3. The average molecular weight is 249 g/mol. The Morgan fingerprint density at radius 3 is 3.06 bits per heavy atom. The number of hydrogen-bond acceptors (Lipinski definition) is 5. The van der Waals surface area contributed by atoms with E-state index in [9.17, 15) is 0 Å². The fourth-order valence-electron chi connectivity index (χ4n) is 2.00. The van der Waals surface area contributed by atoms with Crippen molar-refractivity contribution in [2.24, 2.45) is 0 Å². The number of thiophene rings is 1. The summed E-state index contributed by atoms with van der Waals surface area (Å²) in [7, 11) is 0. The summed E-state index contributed by atoms with van der Waals surface area (Å²) in [6, 6.07) is 2.03. The Balaban J connectivity index is 1.68. The van der Waals surface area contributed by atoms with Gasteiger partial charge in [-0.25, -0.2) is 4.98 Å². The average Bonchev–Trinajstić information content (AvgIpc) is 3.00. The number of oxazole rings is 1. The Morgan fingerprint density at radius 1 is 1.41 bits per heavy atom. The zero-order valence-electron chi connectivity index (χ0n) is 9.56. The molecule has 90 valence electrons. The third kappa shape index (κ3) is 2.57. The van der Waals surface area contributed by atoms with Crippen molar-refractivity contribution in [2.45, 2.75) is 6.54 Å². The molecule has 0 spiro atoms. The standard InChI is InChI=1S/C12H15N3OS/c1-6-17-9-10(1)12-14-11(8-16-12)7-15-4-2-13-3-5-15/h1,6,8-9,13H,2-5,7H2. The lowest BCUT2D eigenvalue weighted by Crippen LogP contribution is -2.42. The molecule has 1 aliphatic heterocycles. The van der Waals surface area contributed by atoms with Gasteiger partial charge in [-0.1, -0.05) is 0 Å². The van der Waals surface area contributed by atoms with Crippen LogP contribution in [0.3, 0.4) is 0 Å². The van der Waals surface area contributed by atoms with Gasteiger partial charge in [0.1, 0.15) is 6.26 Å². The van der Waals surface area contributed by atoms with Gasteiger partial charge in [0.05, 0.1) is 5.69 Å². The second kappa shape index (κ2) is 5.00. The summed E-state index contributed by atoms with van der Waals surface area (Å²) >= 11 is 1.66. The maximum atomic E-state index is 5.50. The molecule has 0 radical (unpaired) electrons. The third-order valence-corrected chi connectivity index (χ3v) is 3.60. The van der Waals surface area contributed by atoms with E-state index in [1.807, 2.05) is 11.4 Å². The van der Waals surface area contributed by atoms with E-state index in [0.29, 0.717) is 0 Å². The summed E-state index contributed by atoms with van der Waals surface area (Å²) < 4.78 is 5.50. The van der Waals surface area contributed by atoms with Gasteiger partial charge in [0.15, 0.2) is 0 Å². The minimum Gasteiger partial charge on any atom is -0.444 e.